The lowest BCUT2D eigenvalue weighted by Gasteiger charge is -2.14. The zero-order valence-electron chi connectivity index (χ0n) is 10.8. The van der Waals surface area contributed by atoms with Gasteiger partial charge in [0.1, 0.15) is 5.75 Å². The van der Waals surface area contributed by atoms with Crippen LogP contribution < -0.4 is 10.1 Å². The summed E-state index contributed by atoms with van der Waals surface area (Å²) in [5, 5.41) is 10.8. The highest BCUT2D eigenvalue weighted by molar-refractivity contribution is 6.33. The first kappa shape index (κ1) is 16.0. The van der Waals surface area contributed by atoms with E-state index in [0.717, 1.165) is 0 Å². The molecule has 2 aromatic carbocycles. The summed E-state index contributed by atoms with van der Waals surface area (Å²) < 4.78 is 41.2. The van der Waals surface area contributed by atoms with Crippen molar-refractivity contribution in [2.45, 2.75) is 6.36 Å². The fraction of sp³-hybridized carbons (Fsp3) is 0.0714. The van der Waals surface area contributed by atoms with Gasteiger partial charge < -0.3 is 9.84 Å². The van der Waals surface area contributed by atoms with Crippen LogP contribution in [0.25, 0.3) is 11.1 Å². The van der Waals surface area contributed by atoms with Crippen LogP contribution in [-0.4, -0.2) is 17.6 Å². The molecule has 0 bridgehead atoms. The van der Waals surface area contributed by atoms with Crippen molar-refractivity contribution in [3.8, 4) is 16.9 Å². The summed E-state index contributed by atoms with van der Waals surface area (Å²) in [6.07, 6.45) is -6.10. The van der Waals surface area contributed by atoms with Crippen LogP contribution >= 0.6 is 11.6 Å². The molecule has 2 aromatic rings. The first-order valence-electron chi connectivity index (χ1n) is 5.91. The number of nitrogens with one attached hydrogen (secondary N) is 1. The number of hydrogen-bond acceptors (Lipinski definition) is 2. The fourth-order valence-corrected chi connectivity index (χ4v) is 2.12. The number of carbonyl (C=O) groups is 1. The van der Waals surface area contributed by atoms with Crippen molar-refractivity contribution >= 4 is 23.4 Å². The molecule has 8 heteroatoms. The molecule has 0 aliphatic carbocycles. The van der Waals surface area contributed by atoms with Gasteiger partial charge in [0.15, 0.2) is 0 Å². The minimum atomic E-state index is -4.83. The Kier molecular flexibility index (Phi) is 4.46. The molecule has 2 N–H and O–H groups in total. The number of ether oxygens (including phenoxy) is 1. The fourth-order valence-electron chi connectivity index (χ4n) is 1.84. The smallest absolute Gasteiger partial charge is 0.465 e. The first-order valence-corrected chi connectivity index (χ1v) is 6.29. The number of halogens is 4. The number of anilines is 1. The summed E-state index contributed by atoms with van der Waals surface area (Å²) in [7, 11) is 0. The van der Waals surface area contributed by atoms with E-state index < -0.39 is 18.2 Å². The van der Waals surface area contributed by atoms with Crippen molar-refractivity contribution in [1.82, 2.24) is 0 Å². The second-order valence-electron chi connectivity index (χ2n) is 4.17. The summed E-state index contributed by atoms with van der Waals surface area (Å²) in [5.41, 5.74) is 0.639. The van der Waals surface area contributed by atoms with Gasteiger partial charge in [0.25, 0.3) is 0 Å². The average molecular weight is 332 g/mol. The molecule has 0 radical (unpaired) electrons. The molecule has 4 nitrogen and oxygen atoms in total. The van der Waals surface area contributed by atoms with Gasteiger partial charge in [-0.1, -0.05) is 35.9 Å². The van der Waals surface area contributed by atoms with Crippen molar-refractivity contribution in [1.29, 1.82) is 0 Å². The molecule has 0 saturated carbocycles. The maximum Gasteiger partial charge on any atom is 0.573 e. The Labute approximate surface area is 128 Å². The van der Waals surface area contributed by atoms with Gasteiger partial charge in [0.05, 0.1) is 5.02 Å². The van der Waals surface area contributed by atoms with Crippen LogP contribution in [0.1, 0.15) is 0 Å². The highest BCUT2D eigenvalue weighted by Crippen LogP contribution is 2.38. The molecule has 22 heavy (non-hydrogen) atoms. The normalized spacial score (nSPS) is 11.1. The topological polar surface area (TPSA) is 58.6 Å². The predicted octanol–water partition coefficient (Wildman–Crippen LogP) is 5.00. The average Bonchev–Trinajstić information content (AvgIpc) is 2.37. The lowest BCUT2D eigenvalue weighted by molar-refractivity contribution is -0.274. The molecule has 2 rings (SSSR count). The number of hydrogen-bond donors (Lipinski definition) is 2. The van der Waals surface area contributed by atoms with Crippen LogP contribution in [0, 0.1) is 0 Å². The maximum absolute atomic E-state index is 12.4. The highest BCUT2D eigenvalue weighted by atomic mass is 35.5. The van der Waals surface area contributed by atoms with Gasteiger partial charge in [-0.15, -0.1) is 13.2 Å². The van der Waals surface area contributed by atoms with E-state index in [4.69, 9.17) is 16.7 Å². The SMILES string of the molecule is O=C(O)Nc1ccc(-c2ccccc2OC(F)(F)F)c(Cl)c1. The summed E-state index contributed by atoms with van der Waals surface area (Å²) in [5.74, 6) is -0.393. The molecule has 0 spiro atoms. The Morgan fingerprint density at radius 3 is 2.41 bits per heavy atom. The van der Waals surface area contributed by atoms with Gasteiger partial charge in [0, 0.05) is 16.8 Å². The van der Waals surface area contributed by atoms with Gasteiger partial charge in [-0.2, -0.15) is 0 Å². The molecular formula is C14H9ClF3NO3. The van der Waals surface area contributed by atoms with E-state index in [1.807, 2.05) is 0 Å². The van der Waals surface area contributed by atoms with Crippen molar-refractivity contribution in [2.24, 2.45) is 0 Å². The molecule has 0 aliphatic heterocycles. The monoisotopic (exact) mass is 331 g/mol. The lowest BCUT2D eigenvalue weighted by atomic mass is 10.0. The Morgan fingerprint density at radius 1 is 1.14 bits per heavy atom. The molecule has 0 saturated heterocycles. The van der Waals surface area contributed by atoms with Crippen molar-refractivity contribution in [3.05, 3.63) is 47.5 Å². The van der Waals surface area contributed by atoms with E-state index >= 15 is 0 Å². The van der Waals surface area contributed by atoms with Crippen LogP contribution in [0.15, 0.2) is 42.5 Å². The predicted molar refractivity (Wildman–Crippen MR) is 75.2 cm³/mol. The number of benzene rings is 2. The summed E-state index contributed by atoms with van der Waals surface area (Å²) in [4.78, 5) is 10.5. The molecule has 0 atom stereocenters. The standard InChI is InChI=1S/C14H9ClF3NO3/c15-11-7-8(19-13(20)21)5-6-9(11)10-3-1-2-4-12(10)22-14(16,17)18/h1-7,19H,(H,20,21). The van der Waals surface area contributed by atoms with E-state index in [9.17, 15) is 18.0 Å². The molecule has 1 amide bonds. The summed E-state index contributed by atoms with van der Waals surface area (Å²) in [6, 6.07) is 9.63. The second-order valence-corrected chi connectivity index (χ2v) is 4.58. The van der Waals surface area contributed by atoms with Crippen molar-refractivity contribution in [3.63, 3.8) is 0 Å². The molecule has 0 aromatic heterocycles. The maximum atomic E-state index is 12.4. The van der Waals surface area contributed by atoms with E-state index in [0.29, 0.717) is 0 Å². The van der Waals surface area contributed by atoms with Crippen LogP contribution in [0.4, 0.5) is 23.7 Å². The first-order chi connectivity index (χ1) is 10.3. The molecule has 0 unspecified atom stereocenters. The minimum absolute atomic E-state index is 0.0875. The van der Waals surface area contributed by atoms with Crippen molar-refractivity contribution in [2.75, 3.05) is 5.32 Å². The van der Waals surface area contributed by atoms with Gasteiger partial charge in [-0.25, -0.2) is 4.79 Å². The van der Waals surface area contributed by atoms with Crippen molar-refractivity contribution < 1.29 is 27.8 Å². The highest BCUT2D eigenvalue weighted by Gasteiger charge is 2.32. The quantitative estimate of drug-likeness (QED) is 0.832. The number of rotatable bonds is 3. The summed E-state index contributed by atoms with van der Waals surface area (Å²) in [6.45, 7) is 0. The number of para-hydroxylation sites is 1. The van der Waals surface area contributed by atoms with E-state index in [-0.39, 0.29) is 21.8 Å². The molecule has 0 heterocycles. The third kappa shape index (κ3) is 4.05. The Hall–Kier alpha value is -2.41. The number of alkyl halides is 3. The van der Waals surface area contributed by atoms with Crippen LogP contribution in [0.2, 0.25) is 5.02 Å². The largest absolute Gasteiger partial charge is 0.573 e. The van der Waals surface area contributed by atoms with Crippen LogP contribution in [-0.2, 0) is 0 Å². The molecule has 116 valence electrons. The molecule has 0 fully saturated rings. The Morgan fingerprint density at radius 2 is 1.82 bits per heavy atom. The lowest BCUT2D eigenvalue weighted by Crippen LogP contribution is -2.17. The Balaban J connectivity index is 2.42. The summed E-state index contributed by atoms with van der Waals surface area (Å²) >= 11 is 6.02. The van der Waals surface area contributed by atoms with E-state index in [1.165, 1.54) is 42.5 Å². The van der Waals surface area contributed by atoms with Gasteiger partial charge in [0.2, 0.25) is 0 Å². The molecular weight excluding hydrogens is 323 g/mol. The van der Waals surface area contributed by atoms with Gasteiger partial charge in [-0.3, -0.25) is 5.32 Å². The zero-order valence-corrected chi connectivity index (χ0v) is 11.6. The van der Waals surface area contributed by atoms with Crippen LogP contribution in [0.3, 0.4) is 0 Å². The van der Waals surface area contributed by atoms with Gasteiger partial charge in [-0.05, 0) is 18.2 Å². The zero-order chi connectivity index (χ0) is 16.3. The number of amides is 1. The van der Waals surface area contributed by atoms with Crippen LogP contribution in [0.5, 0.6) is 5.75 Å². The molecule has 0 aliphatic rings. The van der Waals surface area contributed by atoms with E-state index in [1.54, 1.807) is 0 Å². The van der Waals surface area contributed by atoms with Gasteiger partial charge >= 0.3 is 12.5 Å². The van der Waals surface area contributed by atoms with E-state index in [2.05, 4.69) is 10.1 Å². The Bertz CT molecular complexity index is 704. The third-order valence-corrected chi connectivity index (χ3v) is 2.94. The minimum Gasteiger partial charge on any atom is -0.465 e. The third-order valence-electron chi connectivity index (χ3n) is 2.62. The number of carboxylic acid groups (broad SMARTS) is 1. The second kappa shape index (κ2) is 6.15.